The third-order valence-electron chi connectivity index (χ3n) is 8.48. The lowest BCUT2D eigenvalue weighted by atomic mass is 9.52. The Hall–Kier alpha value is -2.70. The summed E-state index contributed by atoms with van der Waals surface area (Å²) in [6.07, 6.45) is 1.62. The van der Waals surface area contributed by atoms with Gasteiger partial charge in [0.1, 0.15) is 0 Å². The number of hydrogen-bond donors (Lipinski definition) is 0. The molecule has 1 fully saturated rings. The van der Waals surface area contributed by atoms with Crippen LogP contribution in [0.2, 0.25) is 0 Å². The maximum Gasteiger partial charge on any atom is 0.310 e. The lowest BCUT2D eigenvalue weighted by Gasteiger charge is -2.49. The molecule has 6 nitrogen and oxygen atoms in total. The SMILES string of the molecule is CC[N+](C)(C)CCCOC(=O)C1C(c2ccccc2)C(C(=O)OCCC[N+](C)(C)CC)C1c1ccccc1. The normalized spacial score (nSPS) is 21.4. The van der Waals surface area contributed by atoms with Gasteiger partial charge in [0.15, 0.2) is 0 Å². The number of esters is 2. The number of rotatable bonds is 14. The van der Waals surface area contributed by atoms with Crippen LogP contribution in [-0.2, 0) is 19.1 Å². The average molecular weight is 525 g/mol. The van der Waals surface area contributed by atoms with Gasteiger partial charge in [-0.25, -0.2) is 0 Å². The van der Waals surface area contributed by atoms with E-state index >= 15 is 0 Å². The fraction of sp³-hybridized carbons (Fsp3) is 0.562. The Kier molecular flexibility index (Phi) is 10.5. The Labute approximate surface area is 229 Å². The number of quaternary nitrogens is 2. The summed E-state index contributed by atoms with van der Waals surface area (Å²) >= 11 is 0. The van der Waals surface area contributed by atoms with E-state index in [9.17, 15) is 9.59 Å². The summed E-state index contributed by atoms with van der Waals surface area (Å²) in [6, 6.07) is 19.8. The summed E-state index contributed by atoms with van der Waals surface area (Å²) in [5, 5.41) is 0. The van der Waals surface area contributed by atoms with Crippen LogP contribution in [0.3, 0.4) is 0 Å². The number of ether oxygens (including phenoxy) is 2. The van der Waals surface area contributed by atoms with Gasteiger partial charge in [0, 0.05) is 24.7 Å². The van der Waals surface area contributed by atoms with Gasteiger partial charge in [0.05, 0.1) is 79.4 Å². The molecule has 0 saturated heterocycles. The largest absolute Gasteiger partial charge is 0.465 e. The molecule has 3 rings (SSSR count). The van der Waals surface area contributed by atoms with E-state index in [0.29, 0.717) is 13.2 Å². The van der Waals surface area contributed by atoms with Crippen LogP contribution in [-0.4, -0.2) is 88.5 Å². The minimum Gasteiger partial charge on any atom is -0.465 e. The third-order valence-corrected chi connectivity index (χ3v) is 8.48. The van der Waals surface area contributed by atoms with Crippen LogP contribution in [0, 0.1) is 11.8 Å². The topological polar surface area (TPSA) is 52.6 Å². The smallest absolute Gasteiger partial charge is 0.310 e. The van der Waals surface area contributed by atoms with Crippen molar-refractivity contribution in [1.29, 1.82) is 0 Å². The number of carbonyl (C=O) groups is 2. The van der Waals surface area contributed by atoms with E-state index in [1.807, 2.05) is 60.7 Å². The summed E-state index contributed by atoms with van der Waals surface area (Å²) < 4.78 is 13.5. The second kappa shape index (κ2) is 13.4. The van der Waals surface area contributed by atoms with E-state index in [-0.39, 0.29) is 23.8 Å². The second-order valence-corrected chi connectivity index (χ2v) is 11.9. The van der Waals surface area contributed by atoms with E-state index in [1.54, 1.807) is 0 Å². The predicted molar refractivity (Wildman–Crippen MR) is 152 cm³/mol. The average Bonchev–Trinajstić information content (AvgIpc) is 2.90. The van der Waals surface area contributed by atoms with Crippen molar-refractivity contribution in [2.45, 2.75) is 38.5 Å². The molecule has 1 saturated carbocycles. The van der Waals surface area contributed by atoms with E-state index in [2.05, 4.69) is 42.0 Å². The number of hydrogen-bond acceptors (Lipinski definition) is 4. The third kappa shape index (κ3) is 7.67. The summed E-state index contributed by atoms with van der Waals surface area (Å²) in [5.74, 6) is -1.84. The molecule has 0 atom stereocenters. The molecule has 6 heteroatoms. The highest BCUT2D eigenvalue weighted by atomic mass is 16.5. The summed E-state index contributed by atoms with van der Waals surface area (Å²) in [7, 11) is 8.73. The van der Waals surface area contributed by atoms with Gasteiger partial charge in [-0.15, -0.1) is 0 Å². The fourth-order valence-electron chi connectivity index (χ4n) is 5.35. The molecule has 1 aliphatic carbocycles. The monoisotopic (exact) mass is 524 g/mol. The van der Waals surface area contributed by atoms with Gasteiger partial charge in [-0.2, -0.15) is 0 Å². The highest BCUT2D eigenvalue weighted by Gasteiger charge is 2.59. The molecular weight excluding hydrogens is 476 g/mol. The Bertz CT molecular complexity index is 931. The van der Waals surface area contributed by atoms with Crippen molar-refractivity contribution in [3.8, 4) is 0 Å². The van der Waals surface area contributed by atoms with Crippen molar-refractivity contribution in [3.63, 3.8) is 0 Å². The Morgan fingerprint density at radius 1 is 0.632 bits per heavy atom. The van der Waals surface area contributed by atoms with Crippen molar-refractivity contribution in [1.82, 2.24) is 0 Å². The van der Waals surface area contributed by atoms with Gasteiger partial charge in [0.25, 0.3) is 0 Å². The maximum absolute atomic E-state index is 13.6. The minimum atomic E-state index is -0.429. The number of nitrogens with zero attached hydrogens (tertiary/aromatic N) is 2. The summed E-state index contributed by atoms with van der Waals surface area (Å²) in [4.78, 5) is 27.2. The van der Waals surface area contributed by atoms with E-state index in [0.717, 1.165) is 59.1 Å². The molecule has 0 unspecified atom stereocenters. The number of carbonyl (C=O) groups excluding carboxylic acids is 2. The summed E-state index contributed by atoms with van der Waals surface area (Å²) in [6.45, 7) is 9.06. The van der Waals surface area contributed by atoms with Gasteiger partial charge in [0.2, 0.25) is 0 Å². The molecule has 0 spiro atoms. The fourth-order valence-corrected chi connectivity index (χ4v) is 5.35. The molecule has 2 aromatic carbocycles. The van der Waals surface area contributed by atoms with Gasteiger partial charge in [-0.05, 0) is 25.0 Å². The molecule has 38 heavy (non-hydrogen) atoms. The van der Waals surface area contributed by atoms with Crippen molar-refractivity contribution >= 4 is 11.9 Å². The molecule has 0 heterocycles. The van der Waals surface area contributed by atoms with Gasteiger partial charge >= 0.3 is 11.9 Å². The lowest BCUT2D eigenvalue weighted by Crippen LogP contribution is -2.52. The molecule has 0 amide bonds. The summed E-state index contributed by atoms with van der Waals surface area (Å²) in [5.41, 5.74) is 1.97. The zero-order valence-electron chi connectivity index (χ0n) is 24.3. The first kappa shape index (κ1) is 29.9. The minimum absolute atomic E-state index is 0.222. The lowest BCUT2D eigenvalue weighted by molar-refractivity contribution is -0.888. The number of benzene rings is 2. The molecule has 0 radical (unpaired) electrons. The molecule has 208 valence electrons. The van der Waals surface area contributed by atoms with Crippen LogP contribution in [0.15, 0.2) is 60.7 Å². The van der Waals surface area contributed by atoms with E-state index in [4.69, 9.17) is 9.47 Å². The van der Waals surface area contributed by atoms with Crippen LogP contribution < -0.4 is 0 Å². The van der Waals surface area contributed by atoms with Gasteiger partial charge in [-0.1, -0.05) is 60.7 Å². The molecule has 0 aliphatic heterocycles. The Balaban J connectivity index is 1.79. The van der Waals surface area contributed by atoms with Gasteiger partial charge < -0.3 is 18.4 Å². The van der Waals surface area contributed by atoms with Crippen LogP contribution >= 0.6 is 0 Å². The van der Waals surface area contributed by atoms with Crippen LogP contribution in [0.25, 0.3) is 0 Å². The first-order valence-corrected chi connectivity index (χ1v) is 14.2. The maximum atomic E-state index is 13.6. The highest BCUT2D eigenvalue weighted by Crippen LogP contribution is 2.58. The first-order valence-electron chi connectivity index (χ1n) is 14.2. The molecule has 2 aromatic rings. The molecule has 1 aliphatic rings. The van der Waals surface area contributed by atoms with E-state index in [1.165, 1.54) is 0 Å². The standard InChI is InChI=1S/C32H48N2O4/c1-7-33(3,4)21-15-23-37-31(35)29-27(25-17-11-9-12-18-25)30(28(29)26-19-13-10-14-20-26)32(36)38-24-16-22-34(5,6)8-2/h9-14,17-20,27-30H,7-8,15-16,21-24H2,1-6H3/q+2. The Morgan fingerprint density at radius 3 is 1.29 bits per heavy atom. The molecule has 0 N–H and O–H groups in total. The van der Waals surface area contributed by atoms with Crippen molar-refractivity contribution in [3.05, 3.63) is 71.8 Å². The van der Waals surface area contributed by atoms with Crippen LogP contribution in [0.5, 0.6) is 0 Å². The quantitative estimate of drug-likeness (QED) is 0.201. The predicted octanol–water partition coefficient (Wildman–Crippen LogP) is 4.86. The van der Waals surface area contributed by atoms with Crippen molar-refractivity contribution < 1.29 is 28.0 Å². The molecular formula is C32H48N2O4+2. The second-order valence-electron chi connectivity index (χ2n) is 11.9. The highest BCUT2D eigenvalue weighted by molar-refractivity contribution is 5.85. The van der Waals surface area contributed by atoms with E-state index < -0.39 is 11.8 Å². The zero-order chi connectivity index (χ0) is 27.8. The van der Waals surface area contributed by atoms with Crippen LogP contribution in [0.4, 0.5) is 0 Å². The zero-order valence-corrected chi connectivity index (χ0v) is 24.3. The van der Waals surface area contributed by atoms with Crippen molar-refractivity contribution in [2.24, 2.45) is 11.8 Å². The Morgan fingerprint density at radius 2 is 0.974 bits per heavy atom. The van der Waals surface area contributed by atoms with Crippen molar-refractivity contribution in [2.75, 3.05) is 67.6 Å². The van der Waals surface area contributed by atoms with Gasteiger partial charge in [-0.3, -0.25) is 9.59 Å². The first-order chi connectivity index (χ1) is 18.1. The van der Waals surface area contributed by atoms with Crippen LogP contribution in [0.1, 0.15) is 49.7 Å². The molecule has 0 bridgehead atoms. The molecule has 0 aromatic heterocycles.